The third-order valence-electron chi connectivity index (χ3n) is 3.72. The number of aryl methyl sites for hydroxylation is 2. The highest BCUT2D eigenvalue weighted by Crippen LogP contribution is 2.31. The average Bonchev–Trinajstić information content (AvgIpc) is 3.01. The van der Waals surface area contributed by atoms with E-state index >= 15 is 0 Å². The summed E-state index contributed by atoms with van der Waals surface area (Å²) in [5.74, 6) is -0.161. The van der Waals surface area contributed by atoms with E-state index in [1.165, 1.54) is 21.6 Å². The van der Waals surface area contributed by atoms with Crippen LogP contribution in [0.4, 0.5) is 21.6 Å². The van der Waals surface area contributed by atoms with Crippen LogP contribution >= 0.6 is 0 Å². The highest BCUT2D eigenvalue weighted by atomic mass is 19.1. The van der Waals surface area contributed by atoms with Crippen LogP contribution in [0.5, 0.6) is 0 Å². The second-order valence-electron chi connectivity index (χ2n) is 5.30. The van der Waals surface area contributed by atoms with Gasteiger partial charge in [0, 0.05) is 7.05 Å². The van der Waals surface area contributed by atoms with Gasteiger partial charge in [-0.05, 0) is 26.0 Å². The highest BCUT2D eigenvalue weighted by molar-refractivity contribution is 5.68. The third kappa shape index (κ3) is 2.49. The molecule has 3 rings (SSSR count). The summed E-state index contributed by atoms with van der Waals surface area (Å²) in [7, 11) is 1.61. The molecule has 8 nitrogen and oxygen atoms in total. The van der Waals surface area contributed by atoms with Gasteiger partial charge in [-0.2, -0.15) is 10.2 Å². The lowest BCUT2D eigenvalue weighted by Crippen LogP contribution is -2.04. The van der Waals surface area contributed by atoms with Gasteiger partial charge in [-0.25, -0.2) is 13.8 Å². The minimum Gasteiger partial charge on any atom is -0.332 e. The fourth-order valence-corrected chi connectivity index (χ4v) is 2.53. The molecule has 0 aliphatic heterocycles. The van der Waals surface area contributed by atoms with Crippen LogP contribution in [0, 0.1) is 29.8 Å². The number of anilines is 2. The first kappa shape index (κ1) is 15.7. The monoisotopic (exact) mass is 330 g/mol. The van der Waals surface area contributed by atoms with Crippen LogP contribution in [0.3, 0.4) is 0 Å². The lowest BCUT2D eigenvalue weighted by atomic mass is 10.3. The van der Waals surface area contributed by atoms with E-state index < -0.39 is 10.7 Å². The Balaban J connectivity index is 2.03. The van der Waals surface area contributed by atoms with Gasteiger partial charge in [0.2, 0.25) is 5.82 Å². The van der Waals surface area contributed by atoms with Crippen molar-refractivity contribution in [1.82, 2.24) is 19.6 Å². The van der Waals surface area contributed by atoms with Crippen molar-refractivity contribution in [3.63, 3.8) is 0 Å². The summed E-state index contributed by atoms with van der Waals surface area (Å²) in [4.78, 5) is 10.8. The van der Waals surface area contributed by atoms with E-state index in [0.717, 1.165) is 0 Å². The summed E-state index contributed by atoms with van der Waals surface area (Å²) in [5, 5.41) is 22.4. The fourth-order valence-electron chi connectivity index (χ4n) is 2.53. The summed E-state index contributed by atoms with van der Waals surface area (Å²) in [6, 6.07) is 6.26. The van der Waals surface area contributed by atoms with Crippen molar-refractivity contribution in [2.24, 2.45) is 7.05 Å². The maximum Gasteiger partial charge on any atom is 0.334 e. The Morgan fingerprint density at radius 2 is 2.00 bits per heavy atom. The molecule has 0 aliphatic carbocycles. The fraction of sp³-hybridized carbons (Fsp3) is 0.200. The molecule has 124 valence electrons. The van der Waals surface area contributed by atoms with Crippen LogP contribution in [0.1, 0.15) is 11.4 Å². The molecular weight excluding hydrogens is 315 g/mol. The molecule has 0 fully saturated rings. The number of nitro groups is 1. The normalized spacial score (nSPS) is 10.8. The van der Waals surface area contributed by atoms with E-state index in [1.54, 1.807) is 39.1 Å². The van der Waals surface area contributed by atoms with E-state index in [-0.39, 0.29) is 11.5 Å². The maximum absolute atomic E-state index is 13.9. The number of hydrogen-bond donors (Lipinski definition) is 1. The van der Waals surface area contributed by atoms with Crippen LogP contribution in [-0.2, 0) is 7.05 Å². The van der Waals surface area contributed by atoms with E-state index in [4.69, 9.17) is 0 Å². The number of halogens is 1. The minimum absolute atomic E-state index is 0.101. The van der Waals surface area contributed by atoms with Gasteiger partial charge in [-0.1, -0.05) is 12.1 Å². The third-order valence-corrected chi connectivity index (χ3v) is 3.72. The van der Waals surface area contributed by atoms with Crippen LogP contribution in [-0.4, -0.2) is 24.5 Å². The molecule has 2 heterocycles. The van der Waals surface area contributed by atoms with Gasteiger partial charge >= 0.3 is 5.69 Å². The summed E-state index contributed by atoms with van der Waals surface area (Å²) in [5.41, 5.74) is 1.66. The first-order valence-corrected chi connectivity index (χ1v) is 7.14. The van der Waals surface area contributed by atoms with E-state index in [9.17, 15) is 14.5 Å². The average molecular weight is 330 g/mol. The van der Waals surface area contributed by atoms with Crippen molar-refractivity contribution in [2.75, 3.05) is 5.32 Å². The van der Waals surface area contributed by atoms with Gasteiger partial charge in [0.15, 0.2) is 0 Å². The van der Waals surface area contributed by atoms with Crippen LogP contribution in [0.25, 0.3) is 5.69 Å². The Labute approximate surface area is 136 Å². The standard InChI is InChI=1S/C15H15FN6O2/c1-9-14(22(23)24)15(20(3)19-9)18-12-8-17-21(10(12)2)13-7-5-4-6-11(13)16/h4-8,18H,1-3H3. The zero-order chi connectivity index (χ0) is 17.4. The Morgan fingerprint density at radius 3 is 2.67 bits per heavy atom. The number of hydrogen-bond acceptors (Lipinski definition) is 5. The molecule has 0 spiro atoms. The van der Waals surface area contributed by atoms with Crippen molar-refractivity contribution in [2.45, 2.75) is 13.8 Å². The van der Waals surface area contributed by atoms with Crippen molar-refractivity contribution in [1.29, 1.82) is 0 Å². The summed E-state index contributed by atoms with van der Waals surface area (Å²) < 4.78 is 16.8. The topological polar surface area (TPSA) is 90.8 Å². The van der Waals surface area contributed by atoms with E-state index in [0.29, 0.717) is 22.8 Å². The Morgan fingerprint density at radius 1 is 1.29 bits per heavy atom. The second-order valence-corrected chi connectivity index (χ2v) is 5.30. The zero-order valence-corrected chi connectivity index (χ0v) is 13.3. The molecule has 2 aromatic heterocycles. The minimum atomic E-state index is -0.485. The van der Waals surface area contributed by atoms with Crippen molar-refractivity contribution >= 4 is 17.2 Å². The van der Waals surface area contributed by atoms with Gasteiger partial charge in [0.25, 0.3) is 0 Å². The molecule has 1 N–H and O–H groups in total. The Hall–Kier alpha value is -3.23. The molecule has 0 radical (unpaired) electrons. The molecule has 3 aromatic rings. The maximum atomic E-state index is 13.9. The summed E-state index contributed by atoms with van der Waals surface area (Å²) in [6.07, 6.45) is 1.49. The number of nitrogens with zero attached hydrogens (tertiary/aromatic N) is 5. The molecule has 0 unspecified atom stereocenters. The number of aromatic nitrogens is 4. The quantitative estimate of drug-likeness (QED) is 0.586. The Bertz CT molecular complexity index is 930. The highest BCUT2D eigenvalue weighted by Gasteiger charge is 2.25. The van der Waals surface area contributed by atoms with Gasteiger partial charge in [-0.3, -0.25) is 10.1 Å². The molecule has 0 bridgehead atoms. The lowest BCUT2D eigenvalue weighted by molar-refractivity contribution is -0.384. The number of rotatable bonds is 4. The molecule has 9 heteroatoms. The van der Waals surface area contributed by atoms with Gasteiger partial charge < -0.3 is 5.32 Å². The smallest absolute Gasteiger partial charge is 0.332 e. The van der Waals surface area contributed by atoms with Crippen molar-refractivity contribution in [3.05, 3.63) is 57.8 Å². The lowest BCUT2D eigenvalue weighted by Gasteiger charge is -2.08. The van der Waals surface area contributed by atoms with Crippen molar-refractivity contribution in [3.8, 4) is 5.69 Å². The largest absolute Gasteiger partial charge is 0.334 e. The van der Waals surface area contributed by atoms with Gasteiger partial charge in [-0.15, -0.1) is 0 Å². The zero-order valence-electron chi connectivity index (χ0n) is 13.3. The molecule has 0 amide bonds. The van der Waals surface area contributed by atoms with E-state index in [2.05, 4.69) is 15.5 Å². The van der Waals surface area contributed by atoms with Crippen LogP contribution in [0.2, 0.25) is 0 Å². The predicted molar refractivity (Wildman–Crippen MR) is 86.1 cm³/mol. The number of nitrogens with one attached hydrogen (secondary N) is 1. The summed E-state index contributed by atoms with van der Waals surface area (Å²) in [6.45, 7) is 3.32. The molecule has 24 heavy (non-hydrogen) atoms. The Kier molecular flexibility index (Phi) is 3.76. The molecule has 0 saturated carbocycles. The number of para-hydroxylation sites is 1. The van der Waals surface area contributed by atoms with Crippen molar-refractivity contribution < 1.29 is 9.31 Å². The summed E-state index contributed by atoms with van der Waals surface area (Å²) >= 11 is 0. The number of benzene rings is 1. The van der Waals surface area contributed by atoms with Crippen LogP contribution in [0.15, 0.2) is 30.5 Å². The SMILES string of the molecule is Cc1nn(C)c(Nc2cnn(-c3ccccc3F)c2C)c1[N+](=O)[O-]. The van der Waals surface area contributed by atoms with Crippen LogP contribution < -0.4 is 5.32 Å². The molecule has 0 saturated heterocycles. The van der Waals surface area contributed by atoms with Gasteiger partial charge in [0.1, 0.15) is 17.2 Å². The second kappa shape index (κ2) is 5.76. The molecule has 1 aromatic carbocycles. The molecular formula is C15H15FN6O2. The van der Waals surface area contributed by atoms with E-state index in [1.807, 2.05) is 0 Å². The predicted octanol–water partition coefficient (Wildman–Crippen LogP) is 3.01. The first-order chi connectivity index (χ1) is 11.4. The molecule has 0 aliphatic rings. The van der Waals surface area contributed by atoms with Gasteiger partial charge in [0.05, 0.1) is 22.5 Å². The molecule has 0 atom stereocenters. The first-order valence-electron chi connectivity index (χ1n) is 7.14.